The first-order valence-corrected chi connectivity index (χ1v) is 9.64. The molecule has 2 amide bonds. The van der Waals surface area contributed by atoms with Gasteiger partial charge in [-0.2, -0.15) is 0 Å². The van der Waals surface area contributed by atoms with Crippen molar-refractivity contribution in [1.29, 1.82) is 0 Å². The molecule has 0 bridgehead atoms. The zero-order chi connectivity index (χ0) is 19.7. The third-order valence-corrected chi connectivity index (χ3v) is 5.65. The predicted molar refractivity (Wildman–Crippen MR) is 107 cm³/mol. The fraction of sp³-hybridized carbons (Fsp3) is 0.250. The highest BCUT2D eigenvalue weighted by atomic mass is 32.1. The monoisotopic (exact) mass is 397 g/mol. The lowest BCUT2D eigenvalue weighted by atomic mass is 10.1. The molecule has 1 fully saturated rings. The Kier molecular flexibility index (Phi) is 4.87. The number of anilines is 2. The van der Waals surface area contributed by atoms with Gasteiger partial charge in [0.05, 0.1) is 17.9 Å². The van der Waals surface area contributed by atoms with Crippen LogP contribution in [0.3, 0.4) is 0 Å². The van der Waals surface area contributed by atoms with E-state index >= 15 is 0 Å². The predicted octanol–water partition coefficient (Wildman–Crippen LogP) is 3.71. The van der Waals surface area contributed by atoms with Gasteiger partial charge >= 0.3 is 0 Å². The van der Waals surface area contributed by atoms with Crippen LogP contribution in [-0.2, 0) is 9.59 Å². The number of benzene rings is 1. The summed E-state index contributed by atoms with van der Waals surface area (Å²) in [6, 6.07) is 12.9. The summed E-state index contributed by atoms with van der Waals surface area (Å²) < 4.78 is 10.4. The summed E-state index contributed by atoms with van der Waals surface area (Å²) in [6.07, 6.45) is 0.156. The second kappa shape index (κ2) is 7.47. The fourth-order valence-corrected chi connectivity index (χ4v) is 3.96. The molecule has 1 atom stereocenters. The molecule has 1 aliphatic rings. The second-order valence-corrected chi connectivity index (χ2v) is 7.87. The van der Waals surface area contributed by atoms with Crippen LogP contribution in [0.25, 0.3) is 10.6 Å². The van der Waals surface area contributed by atoms with E-state index in [1.54, 1.807) is 41.5 Å². The summed E-state index contributed by atoms with van der Waals surface area (Å²) in [5.41, 5.74) is 1.42. The zero-order valence-corrected chi connectivity index (χ0v) is 16.3. The molecule has 0 aliphatic carbocycles. The van der Waals surface area contributed by atoms with Gasteiger partial charge in [0, 0.05) is 29.6 Å². The number of carbonyl (C=O) groups is 2. The van der Waals surface area contributed by atoms with Gasteiger partial charge in [0.15, 0.2) is 0 Å². The van der Waals surface area contributed by atoms with Crippen LogP contribution < -0.4 is 15.0 Å². The molecule has 0 unspecified atom stereocenters. The Morgan fingerprint density at radius 2 is 2.07 bits per heavy atom. The van der Waals surface area contributed by atoms with Crippen LogP contribution in [0.5, 0.6) is 5.75 Å². The largest absolute Gasteiger partial charge is 0.497 e. The number of nitrogens with zero attached hydrogens (tertiary/aromatic N) is 2. The topological polar surface area (TPSA) is 84.7 Å². The summed E-state index contributed by atoms with van der Waals surface area (Å²) in [6.45, 7) is 2.34. The molecule has 0 radical (unpaired) electrons. The van der Waals surface area contributed by atoms with Crippen LogP contribution in [0.4, 0.5) is 11.6 Å². The second-order valence-electron chi connectivity index (χ2n) is 6.58. The number of aryl methyl sites for hydroxylation is 1. The Labute approximate surface area is 165 Å². The van der Waals surface area contributed by atoms with Gasteiger partial charge in [-0.15, -0.1) is 11.3 Å². The van der Waals surface area contributed by atoms with Crippen molar-refractivity contribution in [1.82, 2.24) is 5.16 Å². The number of methoxy groups -OCH3 is 1. The number of hydrogen-bond acceptors (Lipinski definition) is 6. The van der Waals surface area contributed by atoms with Gasteiger partial charge < -0.3 is 14.2 Å². The smallest absolute Gasteiger partial charge is 0.232 e. The van der Waals surface area contributed by atoms with Gasteiger partial charge in [-0.3, -0.25) is 14.9 Å². The molecule has 28 heavy (non-hydrogen) atoms. The number of amides is 2. The van der Waals surface area contributed by atoms with Crippen LogP contribution in [0, 0.1) is 12.8 Å². The molecular formula is C20H19N3O4S. The Hall–Kier alpha value is -3.13. The standard InChI is InChI=1S/C20H19N3O4S/c1-12-3-8-17(28-12)16-10-18(27-22-16)21-20(25)13-9-19(24)23(11-13)14-4-6-15(26-2)7-5-14/h3-8,10,13H,9,11H2,1-2H3,(H,21,25)/t13-/m1/s1. The van der Waals surface area contributed by atoms with E-state index in [0.717, 1.165) is 10.6 Å². The summed E-state index contributed by atoms with van der Waals surface area (Å²) in [5.74, 6) is 0.201. The average molecular weight is 397 g/mol. The number of nitrogens with one attached hydrogen (secondary N) is 1. The van der Waals surface area contributed by atoms with Crippen molar-refractivity contribution in [3.05, 3.63) is 47.3 Å². The van der Waals surface area contributed by atoms with Crippen LogP contribution in [0.2, 0.25) is 0 Å². The molecule has 1 aromatic carbocycles. The zero-order valence-electron chi connectivity index (χ0n) is 15.5. The minimum absolute atomic E-state index is 0.0855. The molecule has 8 heteroatoms. The first-order valence-electron chi connectivity index (χ1n) is 8.82. The highest BCUT2D eigenvalue weighted by Gasteiger charge is 2.35. The molecule has 3 heterocycles. The first kappa shape index (κ1) is 18.2. The van der Waals surface area contributed by atoms with E-state index in [-0.39, 0.29) is 24.1 Å². The van der Waals surface area contributed by atoms with Gasteiger partial charge in [-0.25, -0.2) is 0 Å². The number of aromatic nitrogens is 1. The lowest BCUT2D eigenvalue weighted by Gasteiger charge is -2.16. The highest BCUT2D eigenvalue weighted by molar-refractivity contribution is 7.15. The van der Waals surface area contributed by atoms with Crippen molar-refractivity contribution in [3.63, 3.8) is 0 Å². The average Bonchev–Trinajstić information content (AvgIpc) is 3.42. The number of carbonyl (C=O) groups excluding carboxylic acids is 2. The number of hydrogen-bond donors (Lipinski definition) is 1. The van der Waals surface area contributed by atoms with Crippen LogP contribution in [-0.4, -0.2) is 30.6 Å². The van der Waals surface area contributed by atoms with Crippen molar-refractivity contribution in [2.45, 2.75) is 13.3 Å². The van der Waals surface area contributed by atoms with Crippen molar-refractivity contribution < 1.29 is 18.8 Å². The van der Waals surface area contributed by atoms with Crippen LogP contribution >= 0.6 is 11.3 Å². The molecule has 3 aromatic rings. The minimum Gasteiger partial charge on any atom is -0.497 e. The normalized spacial score (nSPS) is 16.4. The van der Waals surface area contributed by atoms with E-state index in [1.165, 1.54) is 4.88 Å². The van der Waals surface area contributed by atoms with Crippen molar-refractivity contribution in [2.75, 3.05) is 23.9 Å². The number of ether oxygens (including phenoxy) is 1. The summed E-state index contributed by atoms with van der Waals surface area (Å²) in [5, 5.41) is 6.73. The molecule has 1 aliphatic heterocycles. The highest BCUT2D eigenvalue weighted by Crippen LogP contribution is 2.30. The Morgan fingerprint density at radius 3 is 2.75 bits per heavy atom. The maximum absolute atomic E-state index is 12.6. The number of thiophene rings is 1. The number of rotatable bonds is 5. The summed E-state index contributed by atoms with van der Waals surface area (Å²) in [7, 11) is 1.59. The quantitative estimate of drug-likeness (QED) is 0.709. The molecule has 144 valence electrons. The van der Waals surface area contributed by atoms with Crippen molar-refractivity contribution >= 4 is 34.7 Å². The van der Waals surface area contributed by atoms with E-state index in [9.17, 15) is 9.59 Å². The summed E-state index contributed by atoms with van der Waals surface area (Å²) in [4.78, 5) is 28.7. The molecule has 7 nitrogen and oxygen atoms in total. The Bertz CT molecular complexity index is 1010. The lowest BCUT2D eigenvalue weighted by Crippen LogP contribution is -2.28. The van der Waals surface area contributed by atoms with Gasteiger partial charge in [0.25, 0.3) is 0 Å². The third kappa shape index (κ3) is 3.63. The van der Waals surface area contributed by atoms with Gasteiger partial charge in [-0.1, -0.05) is 5.16 Å². The fourth-order valence-electron chi connectivity index (χ4n) is 3.14. The van der Waals surface area contributed by atoms with Crippen molar-refractivity contribution in [2.24, 2.45) is 5.92 Å². The molecule has 2 aromatic heterocycles. The van der Waals surface area contributed by atoms with Crippen molar-refractivity contribution in [3.8, 4) is 16.3 Å². The van der Waals surface area contributed by atoms with Gasteiger partial charge in [-0.05, 0) is 43.3 Å². The lowest BCUT2D eigenvalue weighted by molar-refractivity contribution is -0.122. The molecule has 0 spiro atoms. The molecular weight excluding hydrogens is 378 g/mol. The van der Waals surface area contributed by atoms with Gasteiger partial charge in [0.1, 0.15) is 11.4 Å². The van der Waals surface area contributed by atoms with E-state index in [0.29, 0.717) is 18.0 Å². The molecule has 1 saturated heterocycles. The maximum atomic E-state index is 12.6. The van der Waals surface area contributed by atoms with E-state index in [4.69, 9.17) is 9.26 Å². The Morgan fingerprint density at radius 1 is 1.29 bits per heavy atom. The first-order chi connectivity index (χ1) is 13.5. The molecule has 0 saturated carbocycles. The van der Waals surface area contributed by atoms with Gasteiger partial charge in [0.2, 0.25) is 17.7 Å². The maximum Gasteiger partial charge on any atom is 0.232 e. The summed E-state index contributed by atoms with van der Waals surface area (Å²) >= 11 is 1.60. The Balaban J connectivity index is 1.41. The molecule has 1 N–H and O–H groups in total. The SMILES string of the molecule is COc1ccc(N2C[C@H](C(=O)Nc3cc(-c4ccc(C)s4)no3)CC2=O)cc1. The third-order valence-electron chi connectivity index (χ3n) is 4.63. The van der Waals surface area contributed by atoms with E-state index < -0.39 is 5.92 Å². The van der Waals surface area contributed by atoms with Crippen LogP contribution in [0.1, 0.15) is 11.3 Å². The van der Waals surface area contributed by atoms with E-state index in [1.807, 2.05) is 31.2 Å². The van der Waals surface area contributed by atoms with Crippen LogP contribution in [0.15, 0.2) is 47.0 Å². The molecule has 4 rings (SSSR count). The van der Waals surface area contributed by atoms with E-state index in [2.05, 4.69) is 10.5 Å². The minimum atomic E-state index is -0.452.